The molecule has 7 nitrogen and oxygen atoms in total. The van der Waals surface area contributed by atoms with Gasteiger partial charge in [0.1, 0.15) is 11.6 Å². The Morgan fingerprint density at radius 2 is 1.44 bits per heavy atom. The van der Waals surface area contributed by atoms with Crippen molar-refractivity contribution < 1.29 is 33.7 Å². The van der Waals surface area contributed by atoms with Gasteiger partial charge in [-0.05, 0) is 78.4 Å². The topological polar surface area (TPSA) is 115 Å². The van der Waals surface area contributed by atoms with Crippen molar-refractivity contribution in [1.82, 2.24) is 4.57 Å². The summed E-state index contributed by atoms with van der Waals surface area (Å²) in [5, 5.41) is 34.5. The Bertz CT molecular complexity index is 1520. The van der Waals surface area contributed by atoms with Crippen molar-refractivity contribution in [3.63, 3.8) is 0 Å². The zero-order chi connectivity index (χ0) is 30.4. The minimum Gasteiger partial charge on any atom is -0.550 e. The van der Waals surface area contributed by atoms with Crippen LogP contribution in [0.5, 0.6) is 0 Å². The molecular formula is C33H33CaF2N2O5+. The Kier molecular flexibility index (Phi) is 12.5. The second-order valence-corrected chi connectivity index (χ2v) is 10.5. The van der Waals surface area contributed by atoms with Crippen LogP contribution in [0, 0.1) is 11.6 Å². The number of hydrogen-bond donors (Lipinski definition) is 3. The molecule has 0 radical (unpaired) electrons. The number of nitrogens with zero attached hydrogens (tertiary/aromatic N) is 1. The second-order valence-electron chi connectivity index (χ2n) is 10.5. The molecule has 2 atom stereocenters. The third-order valence-electron chi connectivity index (χ3n) is 6.99. The number of carbonyl (C=O) groups is 2. The molecule has 0 aliphatic heterocycles. The number of carboxylic acids is 1. The fourth-order valence-electron chi connectivity index (χ4n) is 5.21. The Balaban J connectivity index is 0.00000506. The largest absolute Gasteiger partial charge is 2.00 e. The van der Waals surface area contributed by atoms with E-state index < -0.39 is 42.1 Å². The molecule has 4 aromatic rings. The van der Waals surface area contributed by atoms with Gasteiger partial charge in [-0.15, -0.1) is 0 Å². The summed E-state index contributed by atoms with van der Waals surface area (Å²) < 4.78 is 29.5. The monoisotopic (exact) mass is 615 g/mol. The van der Waals surface area contributed by atoms with Crippen LogP contribution >= 0.6 is 0 Å². The maximum absolute atomic E-state index is 14.0. The Morgan fingerprint density at radius 3 is 2.00 bits per heavy atom. The number of benzene rings is 3. The molecule has 4 rings (SSSR count). The van der Waals surface area contributed by atoms with E-state index in [9.17, 15) is 33.7 Å². The molecule has 1 aromatic heterocycles. The van der Waals surface area contributed by atoms with Gasteiger partial charge in [0.25, 0.3) is 5.91 Å². The van der Waals surface area contributed by atoms with E-state index in [-0.39, 0.29) is 63.0 Å². The number of anilines is 1. The number of carboxylic acid groups (broad SMARTS) is 1. The predicted molar refractivity (Wildman–Crippen MR) is 160 cm³/mol. The molecule has 3 N–H and O–H groups in total. The first-order chi connectivity index (χ1) is 20.0. The van der Waals surface area contributed by atoms with E-state index in [1.807, 2.05) is 48.7 Å². The van der Waals surface area contributed by atoms with Gasteiger partial charge < -0.3 is 30.0 Å². The van der Waals surface area contributed by atoms with Gasteiger partial charge in [-0.3, -0.25) is 4.79 Å². The van der Waals surface area contributed by atoms with Crippen LogP contribution in [-0.2, 0) is 11.3 Å². The number of hydrogen-bond acceptors (Lipinski definition) is 5. The molecule has 43 heavy (non-hydrogen) atoms. The SMILES string of the molecule is CC(C)c1c(C(=O)Nc2ccc(F)cc2)c(-c2ccccc2)c(-c2ccc(F)cc2)n1CCC(O)CC(O)CC(=O)[O-].[Ca+2]. The van der Waals surface area contributed by atoms with E-state index in [2.05, 4.69) is 5.32 Å². The van der Waals surface area contributed by atoms with E-state index >= 15 is 0 Å². The molecule has 0 bridgehead atoms. The molecule has 0 saturated carbocycles. The van der Waals surface area contributed by atoms with Gasteiger partial charge in [0, 0.05) is 35.9 Å². The molecule has 0 saturated heterocycles. The summed E-state index contributed by atoms with van der Waals surface area (Å²) in [7, 11) is 0. The predicted octanol–water partition coefficient (Wildman–Crippen LogP) is 4.74. The molecule has 1 amide bonds. The molecule has 220 valence electrons. The second kappa shape index (κ2) is 15.6. The zero-order valence-electron chi connectivity index (χ0n) is 24.1. The average Bonchev–Trinajstić information content (AvgIpc) is 3.29. The first-order valence-electron chi connectivity index (χ1n) is 13.8. The van der Waals surface area contributed by atoms with Gasteiger partial charge in [0.15, 0.2) is 0 Å². The van der Waals surface area contributed by atoms with Crippen LogP contribution in [-0.4, -0.2) is 76.6 Å². The van der Waals surface area contributed by atoms with Crippen LogP contribution in [0.25, 0.3) is 22.4 Å². The number of rotatable bonds is 12. The van der Waals surface area contributed by atoms with Crippen LogP contribution in [0.15, 0.2) is 78.9 Å². The summed E-state index contributed by atoms with van der Waals surface area (Å²) in [5.74, 6) is -2.87. The normalized spacial score (nSPS) is 12.4. The van der Waals surface area contributed by atoms with Crippen molar-refractivity contribution in [2.45, 2.75) is 57.8 Å². The number of halogens is 2. The van der Waals surface area contributed by atoms with Gasteiger partial charge in [-0.2, -0.15) is 0 Å². The fraction of sp³-hybridized carbons (Fsp3) is 0.273. The van der Waals surface area contributed by atoms with Crippen LogP contribution in [0.1, 0.15) is 55.1 Å². The van der Waals surface area contributed by atoms with Gasteiger partial charge in [0.05, 0.1) is 23.5 Å². The molecule has 0 spiro atoms. The van der Waals surface area contributed by atoms with Gasteiger partial charge in [0.2, 0.25) is 0 Å². The standard InChI is InChI=1S/C33H34F2N2O5.Ca/c1-20(2)31-30(33(42)36-25-14-12-24(35)13-15-25)29(21-6-4-3-5-7-21)32(22-8-10-23(34)11-9-22)37(31)17-16-26(38)18-27(39)19-28(40)41;/h3-15,20,26-27,38-39H,16-19H2,1-2H3,(H,36,42)(H,40,41);/q;+2/p-1. The number of aliphatic carboxylic acids is 1. The number of carbonyl (C=O) groups excluding carboxylic acids is 2. The van der Waals surface area contributed by atoms with Crippen LogP contribution in [0.2, 0.25) is 0 Å². The summed E-state index contributed by atoms with van der Waals surface area (Å²) >= 11 is 0. The van der Waals surface area contributed by atoms with Crippen molar-refractivity contribution in [3.8, 4) is 22.4 Å². The van der Waals surface area contributed by atoms with Crippen molar-refractivity contribution in [3.05, 3.63) is 102 Å². The van der Waals surface area contributed by atoms with E-state index in [0.29, 0.717) is 33.8 Å². The van der Waals surface area contributed by atoms with Crippen LogP contribution < -0.4 is 10.4 Å². The summed E-state index contributed by atoms with van der Waals surface area (Å²) in [6.45, 7) is 4.08. The average molecular weight is 616 g/mol. The molecule has 2 unspecified atom stereocenters. The minimum absolute atomic E-state index is 0. The summed E-state index contributed by atoms with van der Waals surface area (Å²) in [5.41, 5.74) is 4.08. The number of aliphatic hydroxyl groups excluding tert-OH is 2. The Hall–Kier alpha value is -3.08. The maximum atomic E-state index is 14.0. The molecule has 0 aliphatic carbocycles. The van der Waals surface area contributed by atoms with Gasteiger partial charge in [-0.1, -0.05) is 44.2 Å². The molecular weight excluding hydrogens is 582 g/mol. The van der Waals surface area contributed by atoms with E-state index in [1.165, 1.54) is 36.4 Å². The first-order valence-corrected chi connectivity index (χ1v) is 13.8. The molecule has 0 aliphatic rings. The van der Waals surface area contributed by atoms with E-state index in [4.69, 9.17) is 0 Å². The molecule has 1 heterocycles. The minimum atomic E-state index is -1.41. The van der Waals surface area contributed by atoms with Crippen LogP contribution in [0.4, 0.5) is 14.5 Å². The van der Waals surface area contributed by atoms with E-state index in [1.54, 1.807) is 12.1 Å². The number of amides is 1. The van der Waals surface area contributed by atoms with Crippen molar-refractivity contribution in [1.29, 1.82) is 0 Å². The quantitative estimate of drug-likeness (QED) is 0.199. The number of aliphatic hydroxyl groups is 2. The summed E-state index contributed by atoms with van der Waals surface area (Å²) in [6.07, 6.45) is -2.93. The summed E-state index contributed by atoms with van der Waals surface area (Å²) in [6, 6.07) is 20.7. The molecule has 10 heteroatoms. The van der Waals surface area contributed by atoms with Crippen LogP contribution in [0.3, 0.4) is 0 Å². The van der Waals surface area contributed by atoms with Gasteiger partial charge >= 0.3 is 37.7 Å². The Labute approximate surface area is 279 Å². The van der Waals surface area contributed by atoms with Crippen molar-refractivity contribution in [2.75, 3.05) is 5.32 Å². The first kappa shape index (κ1) is 34.4. The number of nitrogens with one attached hydrogen (secondary N) is 1. The van der Waals surface area contributed by atoms with Crippen molar-refractivity contribution in [2.24, 2.45) is 0 Å². The van der Waals surface area contributed by atoms with Crippen molar-refractivity contribution >= 4 is 55.3 Å². The van der Waals surface area contributed by atoms with Gasteiger partial charge in [-0.25, -0.2) is 8.78 Å². The third-order valence-corrected chi connectivity index (χ3v) is 6.99. The fourth-order valence-corrected chi connectivity index (χ4v) is 5.21. The van der Waals surface area contributed by atoms with E-state index in [0.717, 1.165) is 5.56 Å². The zero-order valence-corrected chi connectivity index (χ0v) is 26.3. The molecule has 3 aromatic carbocycles. The number of aromatic nitrogens is 1. The Morgan fingerprint density at radius 1 is 0.860 bits per heavy atom. The molecule has 0 fully saturated rings. The summed E-state index contributed by atoms with van der Waals surface area (Å²) in [4.78, 5) is 24.9. The maximum Gasteiger partial charge on any atom is 2.00 e. The smallest absolute Gasteiger partial charge is 0.550 e. The third kappa shape index (κ3) is 8.74.